The van der Waals surface area contributed by atoms with Crippen LogP contribution in [0.5, 0.6) is 0 Å². The molecule has 3 N–H and O–H groups in total. The minimum absolute atomic E-state index is 0.00162. The van der Waals surface area contributed by atoms with Crippen LogP contribution in [0.25, 0.3) is 0 Å². The van der Waals surface area contributed by atoms with Crippen LogP contribution < -0.4 is 11.1 Å². The van der Waals surface area contributed by atoms with E-state index < -0.39 is 0 Å². The van der Waals surface area contributed by atoms with Gasteiger partial charge in [-0.2, -0.15) is 0 Å². The Morgan fingerprint density at radius 3 is 2.25 bits per heavy atom. The maximum Gasteiger partial charge on any atom is 0.236 e. The highest BCUT2D eigenvalue weighted by molar-refractivity contribution is 5.81. The van der Waals surface area contributed by atoms with E-state index in [4.69, 9.17) is 5.73 Å². The third-order valence-electron chi connectivity index (χ3n) is 2.57. The summed E-state index contributed by atoms with van der Waals surface area (Å²) in [6.45, 7) is 9.36. The second-order valence-corrected chi connectivity index (χ2v) is 5.42. The lowest BCUT2D eigenvalue weighted by molar-refractivity contribution is -0.122. The molecule has 0 aliphatic heterocycles. The molecule has 0 aromatic heterocycles. The van der Waals surface area contributed by atoms with Crippen LogP contribution >= 0.6 is 0 Å². The molecular weight excluding hydrogens is 200 g/mol. The molecule has 0 spiro atoms. The first kappa shape index (κ1) is 15.4. The maximum absolute atomic E-state index is 11.5. The number of amides is 1. The number of nitrogens with one attached hydrogen (secondary N) is 1. The highest BCUT2D eigenvalue weighted by atomic mass is 16.2. The Bertz CT molecular complexity index is 190. The van der Waals surface area contributed by atoms with Crippen molar-refractivity contribution in [2.45, 2.75) is 59.4 Å². The quantitative estimate of drug-likeness (QED) is 0.626. The number of carbonyl (C=O) groups excluding carboxylic acids is 1. The molecule has 3 nitrogen and oxygen atoms in total. The molecule has 16 heavy (non-hydrogen) atoms. The summed E-state index contributed by atoms with van der Waals surface area (Å²) in [5, 5.41) is 2.90. The van der Waals surface area contributed by atoms with Gasteiger partial charge in [0.05, 0.1) is 6.04 Å². The van der Waals surface area contributed by atoms with E-state index in [0.717, 1.165) is 25.3 Å². The molecule has 0 bridgehead atoms. The molecule has 0 aliphatic rings. The maximum atomic E-state index is 11.5. The zero-order valence-corrected chi connectivity index (χ0v) is 11.3. The molecule has 0 rings (SSSR count). The summed E-state index contributed by atoms with van der Waals surface area (Å²) < 4.78 is 0. The van der Waals surface area contributed by atoms with Crippen molar-refractivity contribution in [3.05, 3.63) is 0 Å². The number of hydrogen-bond donors (Lipinski definition) is 2. The lowest BCUT2D eigenvalue weighted by Gasteiger charge is -2.14. The third kappa shape index (κ3) is 8.72. The average Bonchev–Trinajstić information content (AvgIpc) is 2.15. The predicted octanol–water partition coefficient (Wildman–Crippen LogP) is 2.30. The van der Waals surface area contributed by atoms with Gasteiger partial charge in [-0.3, -0.25) is 4.79 Å². The summed E-state index contributed by atoms with van der Waals surface area (Å²) in [6, 6.07) is -0.343. The van der Waals surface area contributed by atoms with Crippen LogP contribution in [0.3, 0.4) is 0 Å². The first-order valence-corrected chi connectivity index (χ1v) is 6.46. The van der Waals surface area contributed by atoms with Crippen molar-refractivity contribution in [2.24, 2.45) is 17.6 Å². The van der Waals surface area contributed by atoms with Crippen molar-refractivity contribution in [3.63, 3.8) is 0 Å². The van der Waals surface area contributed by atoms with E-state index >= 15 is 0 Å². The summed E-state index contributed by atoms with van der Waals surface area (Å²) in [5.74, 6) is 1.22. The molecule has 0 fully saturated rings. The molecule has 0 saturated heterocycles. The van der Waals surface area contributed by atoms with Crippen molar-refractivity contribution < 1.29 is 4.79 Å². The van der Waals surface area contributed by atoms with Crippen molar-refractivity contribution in [3.8, 4) is 0 Å². The third-order valence-corrected chi connectivity index (χ3v) is 2.57. The summed E-state index contributed by atoms with van der Waals surface area (Å²) in [5.41, 5.74) is 5.77. The Balaban J connectivity index is 3.50. The van der Waals surface area contributed by atoms with Crippen molar-refractivity contribution in [1.82, 2.24) is 5.32 Å². The minimum Gasteiger partial charge on any atom is -0.355 e. The van der Waals surface area contributed by atoms with Gasteiger partial charge in [-0.15, -0.1) is 0 Å². The molecule has 3 heteroatoms. The van der Waals surface area contributed by atoms with E-state index in [1.807, 2.05) is 0 Å². The average molecular weight is 228 g/mol. The van der Waals surface area contributed by atoms with E-state index in [-0.39, 0.29) is 11.9 Å². The molecule has 96 valence electrons. The van der Waals surface area contributed by atoms with Crippen molar-refractivity contribution in [1.29, 1.82) is 0 Å². The molecule has 0 heterocycles. The second-order valence-electron chi connectivity index (χ2n) is 5.42. The molecule has 0 unspecified atom stereocenters. The molecule has 0 saturated carbocycles. The zero-order chi connectivity index (χ0) is 12.6. The van der Waals surface area contributed by atoms with Crippen LogP contribution in [0.2, 0.25) is 0 Å². The first-order valence-electron chi connectivity index (χ1n) is 6.46. The SMILES string of the molecule is CC(C)CCCCNC(=O)[C@@H](N)CC(C)C. The highest BCUT2D eigenvalue weighted by Gasteiger charge is 2.13. The highest BCUT2D eigenvalue weighted by Crippen LogP contribution is 2.05. The topological polar surface area (TPSA) is 55.1 Å². The molecule has 0 radical (unpaired) electrons. The van der Waals surface area contributed by atoms with Gasteiger partial charge in [-0.1, -0.05) is 40.5 Å². The summed E-state index contributed by atoms with van der Waals surface area (Å²) in [4.78, 5) is 11.5. The minimum atomic E-state index is -0.343. The van der Waals surface area contributed by atoms with Crippen LogP contribution in [-0.2, 0) is 4.79 Å². The van der Waals surface area contributed by atoms with Gasteiger partial charge in [0.2, 0.25) is 5.91 Å². The molecule has 1 amide bonds. The standard InChI is InChI=1S/C13H28N2O/c1-10(2)7-5-6-8-15-13(16)12(14)9-11(3)4/h10-12H,5-9,14H2,1-4H3,(H,15,16)/t12-/m0/s1. The Labute approximate surface area is 100 Å². The summed E-state index contributed by atoms with van der Waals surface area (Å²) >= 11 is 0. The largest absolute Gasteiger partial charge is 0.355 e. The van der Waals surface area contributed by atoms with Crippen molar-refractivity contribution >= 4 is 5.91 Å². The Kier molecular flexibility index (Phi) is 8.26. The van der Waals surface area contributed by atoms with Crippen LogP contribution in [0.4, 0.5) is 0 Å². The predicted molar refractivity (Wildman–Crippen MR) is 69.1 cm³/mol. The molecule has 1 atom stereocenters. The molecular formula is C13H28N2O. The lowest BCUT2D eigenvalue weighted by atomic mass is 10.0. The molecule has 0 aliphatic carbocycles. The zero-order valence-electron chi connectivity index (χ0n) is 11.3. The number of carbonyl (C=O) groups is 1. The monoisotopic (exact) mass is 228 g/mol. The van der Waals surface area contributed by atoms with Gasteiger partial charge in [-0.25, -0.2) is 0 Å². The van der Waals surface area contributed by atoms with Crippen LogP contribution in [-0.4, -0.2) is 18.5 Å². The normalized spacial score (nSPS) is 13.2. The van der Waals surface area contributed by atoms with Gasteiger partial charge < -0.3 is 11.1 Å². The van der Waals surface area contributed by atoms with Gasteiger partial charge in [0.15, 0.2) is 0 Å². The van der Waals surface area contributed by atoms with Crippen LogP contribution in [0, 0.1) is 11.8 Å². The summed E-state index contributed by atoms with van der Waals surface area (Å²) in [6.07, 6.45) is 4.22. The number of hydrogen-bond acceptors (Lipinski definition) is 2. The van der Waals surface area contributed by atoms with Gasteiger partial charge in [0.1, 0.15) is 0 Å². The number of unbranched alkanes of at least 4 members (excludes halogenated alkanes) is 1. The number of rotatable bonds is 8. The van der Waals surface area contributed by atoms with Gasteiger partial charge >= 0.3 is 0 Å². The van der Waals surface area contributed by atoms with Gasteiger partial charge in [0, 0.05) is 6.54 Å². The smallest absolute Gasteiger partial charge is 0.236 e. The summed E-state index contributed by atoms with van der Waals surface area (Å²) in [7, 11) is 0. The van der Waals surface area contributed by atoms with Crippen LogP contribution in [0.15, 0.2) is 0 Å². The fourth-order valence-electron chi connectivity index (χ4n) is 1.64. The number of nitrogens with two attached hydrogens (primary N) is 1. The fraction of sp³-hybridized carbons (Fsp3) is 0.923. The van der Waals surface area contributed by atoms with E-state index in [0.29, 0.717) is 5.92 Å². The molecule has 0 aromatic carbocycles. The van der Waals surface area contributed by atoms with Crippen LogP contribution in [0.1, 0.15) is 53.4 Å². The fourth-order valence-corrected chi connectivity index (χ4v) is 1.64. The lowest BCUT2D eigenvalue weighted by Crippen LogP contribution is -2.41. The van der Waals surface area contributed by atoms with E-state index in [2.05, 4.69) is 33.0 Å². The van der Waals surface area contributed by atoms with E-state index in [1.165, 1.54) is 12.8 Å². The van der Waals surface area contributed by atoms with Crippen molar-refractivity contribution in [2.75, 3.05) is 6.54 Å². The molecule has 0 aromatic rings. The Hall–Kier alpha value is -0.570. The van der Waals surface area contributed by atoms with E-state index in [9.17, 15) is 4.79 Å². The second kappa shape index (κ2) is 8.57. The Morgan fingerprint density at radius 1 is 1.12 bits per heavy atom. The first-order chi connectivity index (χ1) is 7.43. The van der Waals surface area contributed by atoms with Gasteiger partial charge in [-0.05, 0) is 24.7 Å². The van der Waals surface area contributed by atoms with E-state index in [1.54, 1.807) is 0 Å². The Morgan fingerprint density at radius 2 is 1.75 bits per heavy atom. The van der Waals surface area contributed by atoms with Gasteiger partial charge in [0.25, 0.3) is 0 Å².